The van der Waals surface area contributed by atoms with Crippen molar-refractivity contribution >= 4 is 10.1 Å². The predicted octanol–water partition coefficient (Wildman–Crippen LogP) is 3.72. The minimum absolute atomic E-state index is 0.0733. The fourth-order valence-electron chi connectivity index (χ4n) is 4.68. The molecule has 2 aliphatic rings. The summed E-state index contributed by atoms with van der Waals surface area (Å²) in [6.07, 6.45) is 3.92. The molecule has 150 valence electrons. The topological polar surface area (TPSA) is 55.8 Å². The third-order valence-corrected chi connectivity index (χ3v) is 6.59. The van der Waals surface area contributed by atoms with Gasteiger partial charge in [-0.1, -0.05) is 60.7 Å². The van der Waals surface area contributed by atoms with Crippen molar-refractivity contribution in [3.05, 3.63) is 71.8 Å². The molecule has 3 unspecified atom stereocenters. The highest BCUT2D eigenvalue weighted by atomic mass is 32.2. The molecule has 28 heavy (non-hydrogen) atoms. The Labute approximate surface area is 167 Å². The summed E-state index contributed by atoms with van der Waals surface area (Å²) in [5.41, 5.74) is 1.40. The van der Waals surface area contributed by atoms with Crippen LogP contribution in [0.15, 0.2) is 60.7 Å². The second-order valence-corrected chi connectivity index (χ2v) is 9.51. The number of hydrogen-bond acceptors (Lipinski definition) is 5. The van der Waals surface area contributed by atoms with Gasteiger partial charge in [-0.05, 0) is 37.4 Å². The van der Waals surface area contributed by atoms with Crippen molar-refractivity contribution in [2.75, 3.05) is 13.3 Å². The molecule has 2 aliphatic heterocycles. The Morgan fingerprint density at radius 2 is 1.61 bits per heavy atom. The molecule has 0 radical (unpaired) electrons. The minimum Gasteiger partial charge on any atom is -0.365 e. The fraction of sp³-hybridized carbons (Fsp3) is 0.455. The van der Waals surface area contributed by atoms with E-state index in [1.807, 2.05) is 43.4 Å². The minimum atomic E-state index is -3.55. The van der Waals surface area contributed by atoms with E-state index in [1.165, 1.54) is 0 Å². The van der Waals surface area contributed by atoms with Crippen LogP contribution >= 0.6 is 0 Å². The second kappa shape index (κ2) is 7.59. The molecule has 0 saturated carbocycles. The zero-order valence-corrected chi connectivity index (χ0v) is 17.1. The lowest BCUT2D eigenvalue weighted by atomic mass is 9.96. The number of ether oxygens (including phenoxy) is 1. The number of benzene rings is 2. The van der Waals surface area contributed by atoms with Crippen LogP contribution in [-0.2, 0) is 19.0 Å². The van der Waals surface area contributed by atoms with Gasteiger partial charge in [0.2, 0.25) is 0 Å². The van der Waals surface area contributed by atoms with Crippen LogP contribution in [-0.4, -0.2) is 44.5 Å². The van der Waals surface area contributed by atoms with Crippen molar-refractivity contribution in [1.29, 1.82) is 0 Å². The van der Waals surface area contributed by atoms with E-state index in [0.717, 1.165) is 30.2 Å². The van der Waals surface area contributed by atoms with E-state index in [2.05, 4.69) is 29.2 Å². The molecule has 2 fully saturated rings. The van der Waals surface area contributed by atoms with Gasteiger partial charge in [0.15, 0.2) is 0 Å². The Kier molecular flexibility index (Phi) is 5.31. The SMILES string of the molecule is CN1C2CCC1(OS(C)(=O)=O)CC(OC(c1ccccc1)c1ccccc1)C2. The summed E-state index contributed by atoms with van der Waals surface area (Å²) < 4.78 is 36.1. The maximum absolute atomic E-state index is 11.9. The molecule has 0 aromatic heterocycles. The maximum Gasteiger partial charge on any atom is 0.266 e. The molecule has 0 amide bonds. The Morgan fingerprint density at radius 1 is 1.04 bits per heavy atom. The highest BCUT2D eigenvalue weighted by Crippen LogP contribution is 2.46. The lowest BCUT2D eigenvalue weighted by molar-refractivity contribution is -0.139. The normalized spacial score (nSPS) is 28.0. The number of rotatable bonds is 6. The molecule has 5 nitrogen and oxygen atoms in total. The molecule has 3 atom stereocenters. The van der Waals surface area contributed by atoms with Crippen LogP contribution in [0.5, 0.6) is 0 Å². The molecular weight excluding hydrogens is 374 g/mol. The predicted molar refractivity (Wildman–Crippen MR) is 108 cm³/mol. The molecule has 2 aromatic carbocycles. The number of hydrogen-bond donors (Lipinski definition) is 0. The summed E-state index contributed by atoms with van der Waals surface area (Å²) in [5.74, 6) is 0. The number of nitrogens with zero attached hydrogens (tertiary/aromatic N) is 1. The van der Waals surface area contributed by atoms with Crippen molar-refractivity contribution in [1.82, 2.24) is 4.90 Å². The lowest BCUT2D eigenvalue weighted by Crippen LogP contribution is -2.54. The Hall–Kier alpha value is -1.73. The lowest BCUT2D eigenvalue weighted by Gasteiger charge is -2.45. The Morgan fingerprint density at radius 3 is 2.14 bits per heavy atom. The number of piperidine rings is 1. The molecule has 6 heteroatoms. The summed E-state index contributed by atoms with van der Waals surface area (Å²) >= 11 is 0. The monoisotopic (exact) mass is 401 g/mol. The van der Waals surface area contributed by atoms with Crippen LogP contribution in [0.25, 0.3) is 0 Å². The van der Waals surface area contributed by atoms with Crippen molar-refractivity contribution in [3.8, 4) is 0 Å². The molecule has 2 heterocycles. The van der Waals surface area contributed by atoms with Crippen molar-refractivity contribution < 1.29 is 17.3 Å². The summed E-state index contributed by atoms with van der Waals surface area (Å²) in [6, 6.07) is 20.6. The fourth-order valence-corrected chi connectivity index (χ4v) is 5.51. The molecule has 0 spiro atoms. The smallest absolute Gasteiger partial charge is 0.266 e. The van der Waals surface area contributed by atoms with Crippen LogP contribution in [0.1, 0.15) is 42.9 Å². The van der Waals surface area contributed by atoms with Gasteiger partial charge in [-0.15, -0.1) is 0 Å². The molecule has 2 saturated heterocycles. The highest BCUT2D eigenvalue weighted by Gasteiger charge is 2.53. The van der Waals surface area contributed by atoms with E-state index in [0.29, 0.717) is 12.8 Å². The van der Waals surface area contributed by atoms with Crippen molar-refractivity contribution in [2.45, 2.75) is 49.7 Å². The van der Waals surface area contributed by atoms with Gasteiger partial charge in [0, 0.05) is 12.5 Å². The Balaban J connectivity index is 1.61. The van der Waals surface area contributed by atoms with Gasteiger partial charge in [0.25, 0.3) is 10.1 Å². The molecule has 2 bridgehead atoms. The van der Waals surface area contributed by atoms with Crippen LogP contribution in [0.4, 0.5) is 0 Å². The first-order chi connectivity index (χ1) is 13.4. The summed E-state index contributed by atoms with van der Waals surface area (Å²) in [5, 5.41) is 0. The van der Waals surface area contributed by atoms with Crippen molar-refractivity contribution in [2.24, 2.45) is 0 Å². The van der Waals surface area contributed by atoms with E-state index in [4.69, 9.17) is 8.92 Å². The molecule has 4 rings (SSSR count). The largest absolute Gasteiger partial charge is 0.365 e. The average Bonchev–Trinajstić information content (AvgIpc) is 2.85. The number of fused-ring (bicyclic) bond motifs is 2. The molecule has 0 aliphatic carbocycles. The second-order valence-electron chi connectivity index (χ2n) is 7.94. The third kappa shape index (κ3) is 4.01. The van der Waals surface area contributed by atoms with Gasteiger partial charge in [-0.3, -0.25) is 4.90 Å². The van der Waals surface area contributed by atoms with E-state index in [-0.39, 0.29) is 18.2 Å². The van der Waals surface area contributed by atoms with Gasteiger partial charge >= 0.3 is 0 Å². The highest BCUT2D eigenvalue weighted by molar-refractivity contribution is 7.86. The van der Waals surface area contributed by atoms with E-state index < -0.39 is 15.8 Å². The van der Waals surface area contributed by atoms with Crippen LogP contribution in [0, 0.1) is 0 Å². The quantitative estimate of drug-likeness (QED) is 0.691. The Bertz CT molecular complexity index is 863. The molecule has 2 aromatic rings. The van der Waals surface area contributed by atoms with Crippen LogP contribution < -0.4 is 0 Å². The zero-order chi connectivity index (χ0) is 19.8. The summed E-state index contributed by atoms with van der Waals surface area (Å²) in [7, 11) is -1.59. The van der Waals surface area contributed by atoms with E-state index >= 15 is 0 Å². The summed E-state index contributed by atoms with van der Waals surface area (Å²) in [4.78, 5) is 2.09. The van der Waals surface area contributed by atoms with Gasteiger partial charge in [-0.2, -0.15) is 8.42 Å². The first kappa shape index (κ1) is 19.6. The first-order valence-corrected chi connectivity index (χ1v) is 11.6. The van der Waals surface area contributed by atoms with Gasteiger partial charge < -0.3 is 4.74 Å². The van der Waals surface area contributed by atoms with Gasteiger partial charge in [0.1, 0.15) is 11.8 Å². The third-order valence-electron chi connectivity index (χ3n) is 5.98. The first-order valence-electron chi connectivity index (χ1n) is 9.75. The molecule has 0 N–H and O–H groups in total. The zero-order valence-electron chi connectivity index (χ0n) is 16.3. The van der Waals surface area contributed by atoms with Crippen LogP contribution in [0.3, 0.4) is 0 Å². The van der Waals surface area contributed by atoms with E-state index in [9.17, 15) is 8.42 Å². The molecular formula is C22H27NO4S. The summed E-state index contributed by atoms with van der Waals surface area (Å²) in [6.45, 7) is 0. The average molecular weight is 402 g/mol. The maximum atomic E-state index is 11.9. The van der Waals surface area contributed by atoms with Crippen LogP contribution in [0.2, 0.25) is 0 Å². The van der Waals surface area contributed by atoms with Gasteiger partial charge in [-0.25, -0.2) is 4.18 Å². The van der Waals surface area contributed by atoms with Gasteiger partial charge in [0.05, 0.1) is 12.4 Å². The van der Waals surface area contributed by atoms with E-state index in [1.54, 1.807) is 0 Å². The van der Waals surface area contributed by atoms with Crippen molar-refractivity contribution in [3.63, 3.8) is 0 Å². The standard InChI is InChI=1S/C22H27NO4S/c1-23-19-13-14-22(23,27-28(2,24)25)16-20(15-19)26-21(17-9-5-3-6-10-17)18-11-7-4-8-12-18/h3-12,19-21H,13-16H2,1-2H3.